The Bertz CT molecular complexity index is 1040. The number of carbonyl (C=O) groups is 2. The summed E-state index contributed by atoms with van der Waals surface area (Å²) >= 11 is 0. The van der Waals surface area contributed by atoms with Crippen LogP contribution in [-0.2, 0) is 0 Å². The number of piperazine rings is 1. The van der Waals surface area contributed by atoms with Gasteiger partial charge >= 0.3 is 0 Å². The molecule has 6 nitrogen and oxygen atoms in total. The van der Waals surface area contributed by atoms with E-state index in [0.29, 0.717) is 37.4 Å². The van der Waals surface area contributed by atoms with Gasteiger partial charge in [-0.1, -0.05) is 6.07 Å². The average molecular weight is 381 g/mol. The lowest BCUT2D eigenvalue weighted by molar-refractivity contribution is 0.0532. The first-order chi connectivity index (χ1) is 13.5. The normalized spacial score (nSPS) is 14.4. The van der Waals surface area contributed by atoms with E-state index in [-0.39, 0.29) is 11.8 Å². The van der Waals surface area contributed by atoms with E-state index in [4.69, 9.17) is 4.74 Å². The minimum absolute atomic E-state index is 0.104. The lowest BCUT2D eigenvalue weighted by Gasteiger charge is -2.34. The molecule has 0 radical (unpaired) electrons. The zero-order valence-corrected chi connectivity index (χ0v) is 15.4. The molecule has 0 aliphatic carbocycles. The zero-order chi connectivity index (χ0) is 19.7. The van der Waals surface area contributed by atoms with E-state index < -0.39 is 5.82 Å². The van der Waals surface area contributed by atoms with Gasteiger partial charge in [0, 0.05) is 48.7 Å². The number of aromatic amines is 1. The van der Waals surface area contributed by atoms with E-state index in [1.165, 1.54) is 18.2 Å². The van der Waals surface area contributed by atoms with Crippen molar-refractivity contribution in [3.63, 3.8) is 0 Å². The molecule has 1 N–H and O–H groups in total. The Labute approximate surface area is 161 Å². The van der Waals surface area contributed by atoms with Gasteiger partial charge < -0.3 is 19.5 Å². The van der Waals surface area contributed by atoms with Crippen LogP contribution in [0.25, 0.3) is 10.9 Å². The van der Waals surface area contributed by atoms with Gasteiger partial charge in [-0.15, -0.1) is 0 Å². The highest BCUT2D eigenvalue weighted by Crippen LogP contribution is 2.22. The number of H-pyrrole nitrogens is 1. The standard InChI is InChI=1S/C21H20FN3O3/c1-28-17-6-5-14-12-19(23-18(14)13-17)21(27)25-9-7-24(8-10-25)20(26)15-3-2-4-16(22)11-15/h2-6,11-13,23H,7-10H2,1H3. The van der Waals surface area contributed by atoms with Gasteiger partial charge in [0.15, 0.2) is 0 Å². The molecule has 1 saturated heterocycles. The summed E-state index contributed by atoms with van der Waals surface area (Å²) in [5.41, 5.74) is 1.67. The van der Waals surface area contributed by atoms with Crippen molar-refractivity contribution >= 4 is 22.7 Å². The highest BCUT2D eigenvalue weighted by Gasteiger charge is 2.26. The molecule has 0 saturated carbocycles. The fourth-order valence-electron chi connectivity index (χ4n) is 3.44. The maximum absolute atomic E-state index is 13.4. The van der Waals surface area contributed by atoms with Gasteiger partial charge in [0.2, 0.25) is 0 Å². The number of amides is 2. The van der Waals surface area contributed by atoms with Crippen LogP contribution in [0.4, 0.5) is 4.39 Å². The Kier molecular flexibility index (Phi) is 4.73. The van der Waals surface area contributed by atoms with Gasteiger partial charge in [0.1, 0.15) is 17.3 Å². The smallest absolute Gasteiger partial charge is 0.270 e. The van der Waals surface area contributed by atoms with Gasteiger partial charge in [-0.25, -0.2) is 4.39 Å². The number of halogens is 1. The largest absolute Gasteiger partial charge is 0.497 e. The number of nitrogens with zero attached hydrogens (tertiary/aromatic N) is 2. The molecule has 0 atom stereocenters. The first kappa shape index (κ1) is 18.0. The Morgan fingerprint density at radius 2 is 1.68 bits per heavy atom. The molecule has 1 aromatic heterocycles. The summed E-state index contributed by atoms with van der Waals surface area (Å²) in [6.07, 6.45) is 0. The maximum Gasteiger partial charge on any atom is 0.270 e. The maximum atomic E-state index is 13.4. The Hall–Kier alpha value is -3.35. The van der Waals surface area contributed by atoms with Crippen molar-refractivity contribution in [1.29, 1.82) is 0 Å². The second kappa shape index (κ2) is 7.34. The van der Waals surface area contributed by atoms with Crippen molar-refractivity contribution in [2.45, 2.75) is 0 Å². The first-order valence-corrected chi connectivity index (χ1v) is 9.06. The number of benzene rings is 2. The zero-order valence-electron chi connectivity index (χ0n) is 15.4. The summed E-state index contributed by atoms with van der Waals surface area (Å²) < 4.78 is 18.6. The van der Waals surface area contributed by atoms with Crippen LogP contribution in [0.2, 0.25) is 0 Å². The van der Waals surface area contributed by atoms with Crippen molar-refractivity contribution in [3.05, 3.63) is 65.6 Å². The van der Waals surface area contributed by atoms with E-state index in [1.807, 2.05) is 24.3 Å². The fourth-order valence-corrected chi connectivity index (χ4v) is 3.44. The van der Waals surface area contributed by atoms with Crippen molar-refractivity contribution in [1.82, 2.24) is 14.8 Å². The third-order valence-corrected chi connectivity index (χ3v) is 4.99. The molecule has 2 aromatic carbocycles. The number of nitrogens with one attached hydrogen (secondary N) is 1. The minimum Gasteiger partial charge on any atom is -0.497 e. The summed E-state index contributed by atoms with van der Waals surface area (Å²) in [6.45, 7) is 1.68. The lowest BCUT2D eigenvalue weighted by atomic mass is 10.1. The molecule has 1 aliphatic heterocycles. The molecule has 0 spiro atoms. The molecule has 0 bridgehead atoms. The Balaban J connectivity index is 1.43. The summed E-state index contributed by atoms with van der Waals surface area (Å²) in [5.74, 6) is -0.0368. The molecule has 28 heavy (non-hydrogen) atoms. The number of hydrogen-bond acceptors (Lipinski definition) is 3. The number of rotatable bonds is 3. The predicted octanol–water partition coefficient (Wildman–Crippen LogP) is 2.91. The molecule has 7 heteroatoms. The van der Waals surface area contributed by atoms with Crippen LogP contribution in [0.5, 0.6) is 5.75 Å². The highest BCUT2D eigenvalue weighted by atomic mass is 19.1. The first-order valence-electron chi connectivity index (χ1n) is 9.06. The topological polar surface area (TPSA) is 65.6 Å². The predicted molar refractivity (Wildman–Crippen MR) is 103 cm³/mol. The van der Waals surface area contributed by atoms with Gasteiger partial charge in [0.25, 0.3) is 11.8 Å². The molecule has 4 rings (SSSR count). The van der Waals surface area contributed by atoms with Crippen LogP contribution in [-0.4, -0.2) is 59.9 Å². The van der Waals surface area contributed by atoms with Crippen molar-refractivity contribution in [2.24, 2.45) is 0 Å². The summed E-state index contributed by atoms with van der Waals surface area (Å²) in [6, 6.07) is 13.1. The van der Waals surface area contributed by atoms with E-state index in [0.717, 1.165) is 16.7 Å². The van der Waals surface area contributed by atoms with Gasteiger partial charge in [-0.2, -0.15) is 0 Å². The van der Waals surface area contributed by atoms with E-state index in [2.05, 4.69) is 4.98 Å². The van der Waals surface area contributed by atoms with Crippen LogP contribution in [0.15, 0.2) is 48.5 Å². The van der Waals surface area contributed by atoms with Crippen LogP contribution in [0.1, 0.15) is 20.8 Å². The van der Waals surface area contributed by atoms with E-state index >= 15 is 0 Å². The number of hydrogen-bond donors (Lipinski definition) is 1. The summed E-state index contributed by atoms with van der Waals surface area (Å²) in [5, 5.41) is 0.934. The second-order valence-corrected chi connectivity index (χ2v) is 6.73. The second-order valence-electron chi connectivity index (χ2n) is 6.73. The van der Waals surface area contributed by atoms with E-state index in [9.17, 15) is 14.0 Å². The van der Waals surface area contributed by atoms with Gasteiger partial charge in [-0.3, -0.25) is 9.59 Å². The number of carbonyl (C=O) groups excluding carboxylic acids is 2. The van der Waals surface area contributed by atoms with Crippen LogP contribution in [0, 0.1) is 5.82 Å². The minimum atomic E-state index is -0.435. The fraction of sp³-hybridized carbons (Fsp3) is 0.238. The van der Waals surface area contributed by atoms with Crippen LogP contribution in [0.3, 0.4) is 0 Å². The molecule has 2 heterocycles. The molecule has 3 aromatic rings. The lowest BCUT2D eigenvalue weighted by Crippen LogP contribution is -2.50. The average Bonchev–Trinajstić information content (AvgIpc) is 3.16. The van der Waals surface area contributed by atoms with E-state index in [1.54, 1.807) is 23.0 Å². The Morgan fingerprint density at radius 3 is 2.36 bits per heavy atom. The molecule has 1 aliphatic rings. The van der Waals surface area contributed by atoms with Crippen molar-refractivity contribution in [2.75, 3.05) is 33.3 Å². The number of aromatic nitrogens is 1. The quantitative estimate of drug-likeness (QED) is 0.759. The molecular weight excluding hydrogens is 361 g/mol. The van der Waals surface area contributed by atoms with Gasteiger partial charge in [-0.05, 0) is 36.4 Å². The monoisotopic (exact) mass is 381 g/mol. The van der Waals surface area contributed by atoms with Crippen molar-refractivity contribution < 1.29 is 18.7 Å². The van der Waals surface area contributed by atoms with Crippen LogP contribution < -0.4 is 4.74 Å². The number of fused-ring (bicyclic) bond motifs is 1. The molecule has 2 amide bonds. The Morgan fingerprint density at radius 1 is 0.964 bits per heavy atom. The summed E-state index contributed by atoms with van der Waals surface area (Å²) in [7, 11) is 1.60. The molecule has 0 unspecified atom stereocenters. The number of methoxy groups -OCH3 is 1. The SMILES string of the molecule is COc1ccc2cc(C(=O)N3CCN(C(=O)c4cccc(F)c4)CC3)[nH]c2c1. The molecular formula is C21H20FN3O3. The number of ether oxygens (including phenoxy) is 1. The summed E-state index contributed by atoms with van der Waals surface area (Å²) in [4.78, 5) is 31.8. The third kappa shape index (κ3) is 3.43. The van der Waals surface area contributed by atoms with Crippen LogP contribution >= 0.6 is 0 Å². The molecule has 144 valence electrons. The van der Waals surface area contributed by atoms with Gasteiger partial charge in [0.05, 0.1) is 7.11 Å². The highest BCUT2D eigenvalue weighted by molar-refractivity contribution is 5.98. The van der Waals surface area contributed by atoms with Crippen molar-refractivity contribution in [3.8, 4) is 5.75 Å². The third-order valence-electron chi connectivity index (χ3n) is 4.99. The molecule has 1 fully saturated rings.